The first-order valence-corrected chi connectivity index (χ1v) is 2.19. The molecule has 0 radical (unpaired) electrons. The Hall–Kier alpha value is 3.38. The Morgan fingerprint density at radius 1 is 1.57 bits per heavy atom. The van der Waals surface area contributed by atoms with Gasteiger partial charge in [0, 0.05) is 0 Å². The van der Waals surface area contributed by atoms with Gasteiger partial charge in [-0.05, 0) is 0 Å². The monoisotopic (exact) mass is 175 g/mol. The van der Waals surface area contributed by atoms with E-state index < -0.39 is 7.82 Å². The predicted octanol–water partition coefficient (Wildman–Crippen LogP) is -8.18. The van der Waals surface area contributed by atoms with Crippen LogP contribution in [0.2, 0.25) is 0 Å². The SMILES string of the molecule is [2H]OP(=O)([O-])[O-].[K+].[K+]. The molecule has 0 aromatic carbocycles. The van der Waals surface area contributed by atoms with Crippen molar-refractivity contribution in [2.45, 2.75) is 0 Å². The van der Waals surface area contributed by atoms with Crippen molar-refractivity contribution < 1.29 is 122 Å². The van der Waals surface area contributed by atoms with E-state index >= 15 is 0 Å². The largest absolute Gasteiger partial charge is 1.00 e. The molecule has 0 aromatic rings. The molecule has 32 valence electrons. The molecule has 0 saturated heterocycles. The molecule has 0 aliphatic rings. The van der Waals surface area contributed by atoms with Gasteiger partial charge in [0.2, 0.25) is 1.43 Å². The minimum absolute atomic E-state index is 0. The fraction of sp³-hybridized carbons (Fsp3) is 0. The molecule has 0 unspecified atom stereocenters. The van der Waals surface area contributed by atoms with Crippen molar-refractivity contribution in [3.63, 3.8) is 0 Å². The Balaban J connectivity index is -0.000000125. The van der Waals surface area contributed by atoms with Crippen LogP contribution in [-0.4, -0.2) is 6.33 Å². The molecular formula is HK2O4P. The van der Waals surface area contributed by atoms with Crippen LogP contribution in [0.25, 0.3) is 0 Å². The van der Waals surface area contributed by atoms with Crippen LogP contribution in [0, 0.1) is 0 Å². The van der Waals surface area contributed by atoms with Crippen molar-refractivity contribution in [1.29, 1.82) is 1.43 Å². The Labute approximate surface area is 128 Å². The summed E-state index contributed by atoms with van der Waals surface area (Å²) in [5.41, 5.74) is 0. The van der Waals surface area contributed by atoms with Gasteiger partial charge in [-0.15, -0.1) is 0 Å². The average molecular weight is 175 g/mol. The van der Waals surface area contributed by atoms with E-state index in [1.807, 2.05) is 0 Å². The molecule has 0 heterocycles. The van der Waals surface area contributed by atoms with Gasteiger partial charge in [0.1, 0.15) is 0 Å². The van der Waals surface area contributed by atoms with Gasteiger partial charge in [-0.25, -0.2) is 0 Å². The molecule has 0 atom stereocenters. The molecule has 0 aliphatic heterocycles. The van der Waals surface area contributed by atoms with Crippen LogP contribution in [0.5, 0.6) is 0 Å². The van der Waals surface area contributed by atoms with E-state index in [2.05, 4.69) is 4.90 Å². The maximum atomic E-state index is 9.06. The van der Waals surface area contributed by atoms with E-state index in [0.29, 0.717) is 0 Å². The molecule has 4 nitrogen and oxygen atoms in total. The molecule has 0 aromatic heterocycles. The van der Waals surface area contributed by atoms with Gasteiger partial charge in [-0.3, -0.25) is 0 Å². The first-order valence-electron chi connectivity index (χ1n) is 1.14. The third-order valence-electron chi connectivity index (χ3n) is 0. The van der Waals surface area contributed by atoms with Gasteiger partial charge in [0.05, 0.1) is 7.82 Å². The summed E-state index contributed by atoms with van der Waals surface area (Å²) in [6.45, 7) is 0. The molecule has 0 fully saturated rings. The van der Waals surface area contributed by atoms with Gasteiger partial charge in [-0.2, -0.15) is 0 Å². The van der Waals surface area contributed by atoms with Crippen LogP contribution in [0.15, 0.2) is 0 Å². The molecule has 0 rings (SSSR count). The minimum Gasteiger partial charge on any atom is -0.790 e. The maximum absolute atomic E-state index is 9.06. The van der Waals surface area contributed by atoms with E-state index in [4.69, 9.17) is 15.8 Å². The summed E-state index contributed by atoms with van der Waals surface area (Å²) in [5, 5.41) is 0. The van der Waals surface area contributed by atoms with E-state index in [1.165, 1.54) is 0 Å². The van der Waals surface area contributed by atoms with Gasteiger partial charge < -0.3 is 19.2 Å². The van der Waals surface area contributed by atoms with Crippen LogP contribution in [0.4, 0.5) is 0 Å². The summed E-state index contributed by atoms with van der Waals surface area (Å²) < 4.78 is 14.5. The predicted molar refractivity (Wildman–Crippen MR) is 9.83 cm³/mol. The third kappa shape index (κ3) is 44.7. The maximum Gasteiger partial charge on any atom is 1.00 e. The Morgan fingerprint density at radius 3 is 1.71 bits per heavy atom. The van der Waals surface area contributed by atoms with Crippen molar-refractivity contribution in [3.8, 4) is 0 Å². The van der Waals surface area contributed by atoms with Crippen molar-refractivity contribution in [2.24, 2.45) is 0 Å². The molecule has 0 bridgehead atoms. The number of phosphoric acid groups is 1. The summed E-state index contributed by atoms with van der Waals surface area (Å²) in [4.78, 5) is 20.8. The molecular weight excluding hydrogens is 173 g/mol. The zero-order chi connectivity index (χ0) is 5.21. The van der Waals surface area contributed by atoms with Crippen molar-refractivity contribution in [1.82, 2.24) is 0 Å². The minimum atomic E-state index is -4.98. The average Bonchev–Trinajstić information content (AvgIpc) is 1.35. The number of hydrogen-bond donors (Lipinski definition) is 1. The Bertz CT molecular complexity index is 78.1. The molecule has 0 spiro atoms. The Morgan fingerprint density at radius 2 is 1.71 bits per heavy atom. The number of hydrogen-bond acceptors (Lipinski definition) is 4. The van der Waals surface area contributed by atoms with Gasteiger partial charge in [0.25, 0.3) is 0 Å². The van der Waals surface area contributed by atoms with E-state index in [-0.39, 0.29) is 103 Å². The second-order valence-electron chi connectivity index (χ2n) is 0.447. The second-order valence-corrected chi connectivity index (χ2v) is 1.34. The van der Waals surface area contributed by atoms with Gasteiger partial charge in [-0.1, -0.05) is 0 Å². The van der Waals surface area contributed by atoms with Gasteiger partial charge >= 0.3 is 103 Å². The van der Waals surface area contributed by atoms with Crippen LogP contribution in [0.1, 0.15) is 0 Å². The summed E-state index contributed by atoms with van der Waals surface area (Å²) in [6, 6.07) is 0. The first kappa shape index (κ1) is 13.0. The molecule has 7 heavy (non-hydrogen) atoms. The van der Waals surface area contributed by atoms with Crippen LogP contribution in [0.3, 0.4) is 0 Å². The van der Waals surface area contributed by atoms with Crippen LogP contribution >= 0.6 is 7.82 Å². The topological polar surface area (TPSA) is 83.4 Å². The standard InChI is InChI=1S/2K.H3O4P/c;;1-5(2,3)4/h;;(H3,1,2,3,4)/q2*+1;/p-2/i/hD. The van der Waals surface area contributed by atoms with E-state index in [9.17, 15) is 0 Å². The molecule has 0 amide bonds. The number of rotatable bonds is 1. The normalized spacial score (nSPS) is 10.3. The van der Waals surface area contributed by atoms with Crippen molar-refractivity contribution >= 4 is 7.82 Å². The van der Waals surface area contributed by atoms with Crippen molar-refractivity contribution in [2.75, 3.05) is 0 Å². The molecule has 0 saturated carbocycles. The molecule has 0 aliphatic carbocycles. The zero-order valence-corrected chi connectivity index (χ0v) is 11.2. The van der Waals surface area contributed by atoms with Crippen LogP contribution in [-0.2, 0) is 4.57 Å². The second kappa shape index (κ2) is 7.49. The summed E-state index contributed by atoms with van der Waals surface area (Å²) in [7, 11) is -4.98. The van der Waals surface area contributed by atoms with E-state index in [0.717, 1.165) is 0 Å². The van der Waals surface area contributed by atoms with Gasteiger partial charge in [0.15, 0.2) is 0 Å². The third-order valence-corrected chi connectivity index (χ3v) is 0. The van der Waals surface area contributed by atoms with Crippen molar-refractivity contribution in [3.05, 3.63) is 0 Å². The van der Waals surface area contributed by atoms with E-state index in [1.54, 1.807) is 0 Å². The first-order chi connectivity index (χ1) is 2.56. The fourth-order valence-corrected chi connectivity index (χ4v) is 0. The molecule has 1 N–H and O–H groups in total. The molecule has 7 heteroatoms. The fourth-order valence-electron chi connectivity index (χ4n) is 0. The Kier molecular flexibility index (Phi) is 13.9. The summed E-state index contributed by atoms with van der Waals surface area (Å²) in [5.74, 6) is 0. The summed E-state index contributed by atoms with van der Waals surface area (Å²) in [6.07, 6.45) is 0. The van der Waals surface area contributed by atoms with Crippen LogP contribution < -0.4 is 113 Å². The summed E-state index contributed by atoms with van der Waals surface area (Å²) >= 11 is 0. The zero-order valence-electron chi connectivity index (χ0n) is 5.08. The smallest absolute Gasteiger partial charge is 0.790 e. The quantitative estimate of drug-likeness (QED) is 0.317.